The lowest BCUT2D eigenvalue weighted by molar-refractivity contribution is 0.0457. The molecule has 1 aromatic carbocycles. The fraction of sp³-hybridized carbons (Fsp3) is 0.500. The zero-order valence-electron chi connectivity index (χ0n) is 8.21. The molecular formula is C12H15BrO. The van der Waals surface area contributed by atoms with Gasteiger partial charge in [0, 0.05) is 4.47 Å². The molecule has 1 aliphatic rings. The Kier molecular flexibility index (Phi) is 3.60. The van der Waals surface area contributed by atoms with Gasteiger partial charge in [-0.1, -0.05) is 40.9 Å². The quantitative estimate of drug-likeness (QED) is 0.795. The molecule has 0 aliphatic heterocycles. The van der Waals surface area contributed by atoms with Gasteiger partial charge in [0.1, 0.15) is 0 Å². The lowest BCUT2D eigenvalue weighted by Gasteiger charge is -2.10. The molecule has 0 amide bonds. The van der Waals surface area contributed by atoms with Gasteiger partial charge in [-0.05, 0) is 30.5 Å². The van der Waals surface area contributed by atoms with Crippen molar-refractivity contribution >= 4 is 15.9 Å². The topological polar surface area (TPSA) is 9.23 Å². The summed E-state index contributed by atoms with van der Waals surface area (Å²) in [6, 6.07) is 8.35. The Bertz CT molecular complexity index is 275. The van der Waals surface area contributed by atoms with Crippen LogP contribution in [-0.4, -0.2) is 6.10 Å². The fourth-order valence-electron chi connectivity index (χ4n) is 1.85. The van der Waals surface area contributed by atoms with Crippen LogP contribution < -0.4 is 0 Å². The Morgan fingerprint density at radius 1 is 1.14 bits per heavy atom. The van der Waals surface area contributed by atoms with Crippen LogP contribution in [0.3, 0.4) is 0 Å². The van der Waals surface area contributed by atoms with Gasteiger partial charge in [0.15, 0.2) is 0 Å². The van der Waals surface area contributed by atoms with Gasteiger partial charge in [0.25, 0.3) is 0 Å². The maximum atomic E-state index is 5.81. The zero-order valence-corrected chi connectivity index (χ0v) is 9.79. The molecule has 0 unspecified atom stereocenters. The number of rotatable bonds is 3. The van der Waals surface area contributed by atoms with E-state index in [1.165, 1.54) is 31.2 Å². The summed E-state index contributed by atoms with van der Waals surface area (Å²) in [4.78, 5) is 0. The molecule has 1 aromatic rings. The summed E-state index contributed by atoms with van der Waals surface area (Å²) in [5, 5.41) is 0. The van der Waals surface area contributed by atoms with E-state index in [0.29, 0.717) is 6.10 Å². The van der Waals surface area contributed by atoms with Crippen LogP contribution in [0.15, 0.2) is 28.7 Å². The monoisotopic (exact) mass is 254 g/mol. The van der Waals surface area contributed by atoms with Crippen molar-refractivity contribution in [3.05, 3.63) is 34.3 Å². The van der Waals surface area contributed by atoms with Crippen molar-refractivity contribution in [2.45, 2.75) is 38.4 Å². The SMILES string of the molecule is Brc1ccc(COC2CCCC2)cc1. The lowest BCUT2D eigenvalue weighted by atomic mass is 10.2. The predicted molar refractivity (Wildman–Crippen MR) is 61.2 cm³/mol. The first-order chi connectivity index (χ1) is 6.84. The summed E-state index contributed by atoms with van der Waals surface area (Å²) in [6.45, 7) is 0.762. The van der Waals surface area contributed by atoms with Crippen molar-refractivity contribution in [2.24, 2.45) is 0 Å². The number of halogens is 1. The Morgan fingerprint density at radius 3 is 2.43 bits per heavy atom. The third kappa shape index (κ3) is 2.82. The largest absolute Gasteiger partial charge is 0.374 e. The van der Waals surface area contributed by atoms with Crippen LogP contribution in [0.5, 0.6) is 0 Å². The van der Waals surface area contributed by atoms with Crippen LogP contribution in [0, 0.1) is 0 Å². The molecule has 0 radical (unpaired) electrons. The van der Waals surface area contributed by atoms with Crippen molar-refractivity contribution < 1.29 is 4.74 Å². The van der Waals surface area contributed by atoms with Crippen molar-refractivity contribution in [1.82, 2.24) is 0 Å². The highest BCUT2D eigenvalue weighted by molar-refractivity contribution is 9.10. The van der Waals surface area contributed by atoms with Gasteiger partial charge in [-0.3, -0.25) is 0 Å². The van der Waals surface area contributed by atoms with E-state index in [2.05, 4.69) is 40.2 Å². The van der Waals surface area contributed by atoms with E-state index in [1.54, 1.807) is 0 Å². The van der Waals surface area contributed by atoms with Crippen LogP contribution in [0.25, 0.3) is 0 Å². The molecule has 1 nitrogen and oxygen atoms in total. The number of benzene rings is 1. The summed E-state index contributed by atoms with van der Waals surface area (Å²) in [5.74, 6) is 0. The van der Waals surface area contributed by atoms with E-state index < -0.39 is 0 Å². The molecule has 0 bridgehead atoms. The van der Waals surface area contributed by atoms with Crippen LogP contribution >= 0.6 is 15.9 Å². The van der Waals surface area contributed by atoms with Gasteiger partial charge >= 0.3 is 0 Å². The number of hydrogen-bond donors (Lipinski definition) is 0. The minimum Gasteiger partial charge on any atom is -0.374 e. The van der Waals surface area contributed by atoms with Gasteiger partial charge in [0.2, 0.25) is 0 Å². The second-order valence-corrected chi connectivity index (χ2v) is 4.76. The highest BCUT2D eigenvalue weighted by atomic mass is 79.9. The van der Waals surface area contributed by atoms with Crippen LogP contribution in [0.1, 0.15) is 31.2 Å². The molecule has 0 saturated heterocycles. The summed E-state index contributed by atoms with van der Waals surface area (Å²) in [5.41, 5.74) is 1.26. The maximum Gasteiger partial charge on any atom is 0.0720 e. The Hall–Kier alpha value is -0.340. The van der Waals surface area contributed by atoms with Crippen molar-refractivity contribution in [2.75, 3.05) is 0 Å². The average molecular weight is 255 g/mol. The highest BCUT2D eigenvalue weighted by Crippen LogP contribution is 2.22. The average Bonchev–Trinajstić information content (AvgIpc) is 2.70. The molecule has 0 N–H and O–H groups in total. The molecule has 1 saturated carbocycles. The highest BCUT2D eigenvalue weighted by Gasteiger charge is 2.14. The number of hydrogen-bond acceptors (Lipinski definition) is 1. The summed E-state index contributed by atoms with van der Waals surface area (Å²) in [7, 11) is 0. The predicted octanol–water partition coefficient (Wildman–Crippen LogP) is 3.91. The normalized spacial score (nSPS) is 17.5. The van der Waals surface area contributed by atoms with Crippen molar-refractivity contribution in [3.8, 4) is 0 Å². The Morgan fingerprint density at radius 2 is 1.79 bits per heavy atom. The van der Waals surface area contributed by atoms with E-state index in [9.17, 15) is 0 Å². The first kappa shape index (κ1) is 10.2. The Labute approximate surface area is 93.6 Å². The molecule has 1 aliphatic carbocycles. The van der Waals surface area contributed by atoms with E-state index in [0.717, 1.165) is 11.1 Å². The fourth-order valence-corrected chi connectivity index (χ4v) is 2.11. The second-order valence-electron chi connectivity index (χ2n) is 3.84. The van der Waals surface area contributed by atoms with Gasteiger partial charge in [-0.25, -0.2) is 0 Å². The minimum absolute atomic E-state index is 0.513. The third-order valence-electron chi connectivity index (χ3n) is 2.70. The molecular weight excluding hydrogens is 240 g/mol. The van der Waals surface area contributed by atoms with E-state index in [4.69, 9.17) is 4.74 Å². The molecule has 76 valence electrons. The second kappa shape index (κ2) is 4.94. The summed E-state index contributed by atoms with van der Waals surface area (Å²) < 4.78 is 6.94. The lowest BCUT2D eigenvalue weighted by Crippen LogP contribution is -2.06. The zero-order chi connectivity index (χ0) is 9.80. The summed E-state index contributed by atoms with van der Waals surface area (Å²) in [6.07, 6.45) is 5.68. The van der Waals surface area contributed by atoms with Gasteiger partial charge in [-0.2, -0.15) is 0 Å². The van der Waals surface area contributed by atoms with Crippen LogP contribution in [0.4, 0.5) is 0 Å². The van der Waals surface area contributed by atoms with Gasteiger partial charge in [-0.15, -0.1) is 0 Å². The maximum absolute atomic E-state index is 5.81. The molecule has 2 heteroatoms. The van der Waals surface area contributed by atoms with Crippen molar-refractivity contribution in [3.63, 3.8) is 0 Å². The standard InChI is InChI=1S/C12H15BrO/c13-11-7-5-10(6-8-11)9-14-12-3-1-2-4-12/h5-8,12H,1-4,9H2. The molecule has 0 atom stereocenters. The molecule has 14 heavy (non-hydrogen) atoms. The van der Waals surface area contributed by atoms with Gasteiger partial charge < -0.3 is 4.74 Å². The van der Waals surface area contributed by atoms with E-state index in [-0.39, 0.29) is 0 Å². The summed E-state index contributed by atoms with van der Waals surface area (Å²) >= 11 is 3.42. The van der Waals surface area contributed by atoms with Crippen LogP contribution in [0.2, 0.25) is 0 Å². The third-order valence-corrected chi connectivity index (χ3v) is 3.23. The molecule has 0 heterocycles. The molecule has 1 fully saturated rings. The van der Waals surface area contributed by atoms with E-state index in [1.807, 2.05) is 0 Å². The Balaban J connectivity index is 1.82. The first-order valence-corrected chi connectivity index (χ1v) is 6.00. The minimum atomic E-state index is 0.513. The van der Waals surface area contributed by atoms with E-state index >= 15 is 0 Å². The molecule has 2 rings (SSSR count). The van der Waals surface area contributed by atoms with Gasteiger partial charge in [0.05, 0.1) is 12.7 Å². The van der Waals surface area contributed by atoms with Crippen LogP contribution in [-0.2, 0) is 11.3 Å². The number of ether oxygens (including phenoxy) is 1. The molecule has 0 spiro atoms. The molecule has 0 aromatic heterocycles. The van der Waals surface area contributed by atoms with Crippen molar-refractivity contribution in [1.29, 1.82) is 0 Å². The smallest absolute Gasteiger partial charge is 0.0720 e. The first-order valence-electron chi connectivity index (χ1n) is 5.20.